The third kappa shape index (κ3) is 69.0. The minimum atomic E-state index is -4.96. The third-order valence-corrected chi connectivity index (χ3v) is 19.8. The van der Waals surface area contributed by atoms with Gasteiger partial charge in [0.1, 0.15) is 19.3 Å². The van der Waals surface area contributed by atoms with Gasteiger partial charge in [-0.15, -0.1) is 0 Å². The average molecular weight is 1400 g/mol. The number of hydrogen-bond donors (Lipinski definition) is 3. The Morgan fingerprint density at radius 2 is 0.505 bits per heavy atom. The molecule has 19 heteroatoms. The summed E-state index contributed by atoms with van der Waals surface area (Å²) >= 11 is 0. The summed E-state index contributed by atoms with van der Waals surface area (Å²) in [5.74, 6) is 0.891. The average Bonchev–Trinajstić information content (AvgIpc) is 1.72. The lowest BCUT2D eigenvalue weighted by atomic mass is 10.00. The summed E-state index contributed by atoms with van der Waals surface area (Å²) in [6.07, 6.45) is 50.2. The van der Waals surface area contributed by atoms with E-state index in [-0.39, 0.29) is 25.7 Å². The zero-order chi connectivity index (χ0) is 70.3. The van der Waals surface area contributed by atoms with Gasteiger partial charge in [0.15, 0.2) is 12.2 Å². The lowest BCUT2D eigenvalue weighted by molar-refractivity contribution is -0.161. The van der Waals surface area contributed by atoms with Crippen LogP contribution in [0.3, 0.4) is 0 Å². The molecule has 0 aromatic heterocycles. The summed E-state index contributed by atoms with van der Waals surface area (Å²) in [6, 6.07) is 0. The smallest absolute Gasteiger partial charge is 0.462 e. The summed E-state index contributed by atoms with van der Waals surface area (Å²) in [5, 5.41) is 10.6. The second-order valence-electron chi connectivity index (χ2n) is 29.1. The lowest BCUT2D eigenvalue weighted by Crippen LogP contribution is -2.30. The molecule has 0 bridgehead atoms. The van der Waals surface area contributed by atoms with Gasteiger partial charge >= 0.3 is 39.5 Å². The molecular formula is C76H148O17P2. The van der Waals surface area contributed by atoms with Crippen LogP contribution in [0.15, 0.2) is 0 Å². The van der Waals surface area contributed by atoms with Crippen LogP contribution < -0.4 is 0 Å². The van der Waals surface area contributed by atoms with E-state index in [1.807, 2.05) is 0 Å². The second kappa shape index (κ2) is 65.4. The fourth-order valence-electron chi connectivity index (χ4n) is 11.5. The quantitative estimate of drug-likeness (QED) is 0.0222. The number of aliphatic hydroxyl groups excluding tert-OH is 1. The van der Waals surface area contributed by atoms with Crippen molar-refractivity contribution in [2.45, 2.75) is 401 Å². The predicted molar refractivity (Wildman–Crippen MR) is 386 cm³/mol. The Labute approximate surface area is 581 Å². The summed E-state index contributed by atoms with van der Waals surface area (Å²) in [7, 11) is -9.91. The van der Waals surface area contributed by atoms with Gasteiger partial charge in [0, 0.05) is 25.7 Å². The molecule has 0 aromatic rings. The molecular weight excluding hydrogens is 1250 g/mol. The normalized spacial score (nSPS) is 14.4. The molecule has 0 saturated carbocycles. The Bertz CT molecular complexity index is 1870. The molecule has 0 radical (unpaired) electrons. The van der Waals surface area contributed by atoms with Gasteiger partial charge in [0.2, 0.25) is 0 Å². The maximum absolute atomic E-state index is 13.1. The number of hydrogen-bond acceptors (Lipinski definition) is 15. The van der Waals surface area contributed by atoms with Gasteiger partial charge in [0.05, 0.1) is 26.4 Å². The Morgan fingerprint density at radius 1 is 0.295 bits per heavy atom. The van der Waals surface area contributed by atoms with Crippen LogP contribution in [0, 0.1) is 23.7 Å². The first-order chi connectivity index (χ1) is 45.6. The molecule has 0 aliphatic rings. The zero-order valence-electron chi connectivity index (χ0n) is 62.3. The summed E-state index contributed by atoms with van der Waals surface area (Å²) in [6.45, 7) is 14.1. The first kappa shape index (κ1) is 93.1. The van der Waals surface area contributed by atoms with Crippen LogP contribution in [0.4, 0.5) is 0 Å². The molecule has 0 aliphatic carbocycles. The molecule has 17 nitrogen and oxygen atoms in total. The van der Waals surface area contributed by atoms with E-state index in [4.69, 9.17) is 37.0 Å². The highest BCUT2D eigenvalue weighted by molar-refractivity contribution is 7.47. The molecule has 0 saturated heterocycles. The number of phosphoric ester groups is 2. The Morgan fingerprint density at radius 3 is 0.747 bits per heavy atom. The Hall–Kier alpha value is -1.94. The van der Waals surface area contributed by atoms with Crippen molar-refractivity contribution in [2.24, 2.45) is 23.7 Å². The summed E-state index contributed by atoms with van der Waals surface area (Å²) in [5.41, 5.74) is 0. The number of carbonyl (C=O) groups is 4. The molecule has 564 valence electrons. The van der Waals surface area contributed by atoms with Gasteiger partial charge in [-0.2, -0.15) is 0 Å². The van der Waals surface area contributed by atoms with Crippen LogP contribution in [-0.2, 0) is 65.4 Å². The first-order valence-corrected chi connectivity index (χ1v) is 42.2. The van der Waals surface area contributed by atoms with E-state index < -0.39 is 97.5 Å². The van der Waals surface area contributed by atoms with Crippen molar-refractivity contribution in [1.29, 1.82) is 0 Å². The monoisotopic (exact) mass is 1400 g/mol. The second-order valence-corrected chi connectivity index (χ2v) is 32.0. The maximum atomic E-state index is 13.1. The molecule has 0 heterocycles. The largest absolute Gasteiger partial charge is 0.472 e. The van der Waals surface area contributed by atoms with Gasteiger partial charge in [-0.05, 0) is 49.4 Å². The van der Waals surface area contributed by atoms with Gasteiger partial charge < -0.3 is 33.8 Å². The van der Waals surface area contributed by atoms with Gasteiger partial charge in [-0.1, -0.05) is 331 Å². The van der Waals surface area contributed by atoms with E-state index in [9.17, 15) is 43.2 Å². The van der Waals surface area contributed by atoms with Crippen LogP contribution in [0.25, 0.3) is 0 Å². The van der Waals surface area contributed by atoms with Crippen LogP contribution >= 0.6 is 15.6 Å². The number of ether oxygens (including phenoxy) is 4. The van der Waals surface area contributed by atoms with E-state index in [0.29, 0.717) is 31.6 Å². The van der Waals surface area contributed by atoms with Gasteiger partial charge in [-0.3, -0.25) is 37.3 Å². The zero-order valence-corrected chi connectivity index (χ0v) is 64.1. The number of aliphatic hydroxyl groups is 1. The van der Waals surface area contributed by atoms with Gasteiger partial charge in [0.25, 0.3) is 0 Å². The third-order valence-electron chi connectivity index (χ3n) is 17.9. The summed E-state index contributed by atoms with van der Waals surface area (Å²) in [4.78, 5) is 72.7. The van der Waals surface area contributed by atoms with E-state index in [1.165, 1.54) is 180 Å². The molecule has 0 spiro atoms. The standard InChI is InChI=1S/C76H148O17P2/c1-9-69(8)55-47-39-34-35-43-51-59-76(81)93-72(63-87-74(79)57-49-41-33-27-30-38-46-54-68(6)7)65-91-95(84,85)89-61-70(77)60-88-94(82,83)90-64-71(62-86-73(78)56-48-40-31-25-22-18-20-24-29-37-45-53-67(4)5)92-75(80)58-50-42-32-26-21-17-15-13-11-10-12-14-16-19-23-28-36-44-52-66(2)3/h66-72,77H,9-65H2,1-8H3,(H,82,83)(H,84,85)/t69?,70?,71-,72-/m1/s1. The van der Waals surface area contributed by atoms with Crippen molar-refractivity contribution in [1.82, 2.24) is 0 Å². The Kier molecular flexibility index (Phi) is 64.0. The van der Waals surface area contributed by atoms with E-state index >= 15 is 0 Å². The minimum absolute atomic E-state index is 0.102. The van der Waals surface area contributed by atoms with Crippen molar-refractivity contribution in [3.8, 4) is 0 Å². The number of phosphoric acid groups is 2. The minimum Gasteiger partial charge on any atom is -0.462 e. The highest BCUT2D eigenvalue weighted by atomic mass is 31.2. The number of rotatable bonds is 73. The SMILES string of the molecule is CCC(C)CCCCCCCCC(=O)O[C@H](COC(=O)CCCCCCCCCC(C)C)COP(=O)(O)OCC(O)COP(=O)(O)OC[C@@H](COC(=O)CCCCCCCCCCCCCC(C)C)OC(=O)CCCCCCCCCCCCCCCCCCCCC(C)C. The van der Waals surface area contributed by atoms with Crippen molar-refractivity contribution in [3.63, 3.8) is 0 Å². The van der Waals surface area contributed by atoms with E-state index in [0.717, 1.165) is 114 Å². The maximum Gasteiger partial charge on any atom is 0.472 e. The van der Waals surface area contributed by atoms with Gasteiger partial charge in [-0.25, -0.2) is 9.13 Å². The lowest BCUT2D eigenvalue weighted by Gasteiger charge is -2.21. The molecule has 4 unspecified atom stereocenters. The molecule has 95 heavy (non-hydrogen) atoms. The first-order valence-electron chi connectivity index (χ1n) is 39.2. The molecule has 0 aromatic carbocycles. The number of unbranched alkanes of at least 4 members (excludes halogenated alkanes) is 38. The fraction of sp³-hybridized carbons (Fsp3) is 0.947. The number of carbonyl (C=O) groups excluding carboxylic acids is 4. The van der Waals surface area contributed by atoms with Crippen molar-refractivity contribution >= 4 is 39.5 Å². The number of esters is 4. The molecule has 0 rings (SSSR count). The fourth-order valence-corrected chi connectivity index (χ4v) is 13.1. The molecule has 0 aliphatic heterocycles. The van der Waals surface area contributed by atoms with Crippen LogP contribution in [0.2, 0.25) is 0 Å². The molecule has 6 atom stereocenters. The summed E-state index contributed by atoms with van der Waals surface area (Å²) < 4.78 is 68.4. The van der Waals surface area contributed by atoms with Crippen LogP contribution in [-0.4, -0.2) is 96.7 Å². The van der Waals surface area contributed by atoms with E-state index in [1.54, 1.807) is 0 Å². The van der Waals surface area contributed by atoms with Crippen molar-refractivity contribution in [2.75, 3.05) is 39.6 Å². The van der Waals surface area contributed by atoms with Crippen molar-refractivity contribution in [3.05, 3.63) is 0 Å². The van der Waals surface area contributed by atoms with Crippen LogP contribution in [0.1, 0.15) is 383 Å². The predicted octanol–water partition coefficient (Wildman–Crippen LogP) is 22.0. The highest BCUT2D eigenvalue weighted by Gasteiger charge is 2.30. The molecule has 3 N–H and O–H groups in total. The topological polar surface area (TPSA) is 237 Å². The molecule has 0 fully saturated rings. The molecule has 0 amide bonds. The Balaban J connectivity index is 5.20. The van der Waals surface area contributed by atoms with Crippen LogP contribution in [0.5, 0.6) is 0 Å². The highest BCUT2D eigenvalue weighted by Crippen LogP contribution is 2.45. The van der Waals surface area contributed by atoms with Crippen molar-refractivity contribution < 1.29 is 80.2 Å². The van der Waals surface area contributed by atoms with E-state index in [2.05, 4.69) is 55.4 Å².